The standard InChI is InChI=1S/C10H21NO2/c1-8(2)7-13-9(12)6-11-10(3,4)5/h8,11H,6-7H2,1-5H3. The molecule has 0 radical (unpaired) electrons. The van der Waals surface area contributed by atoms with Crippen molar-refractivity contribution in [2.45, 2.75) is 40.2 Å². The Morgan fingerprint density at radius 3 is 2.31 bits per heavy atom. The minimum Gasteiger partial charge on any atom is -0.464 e. The molecule has 0 fully saturated rings. The first-order valence-corrected chi connectivity index (χ1v) is 4.72. The number of ether oxygens (including phenoxy) is 1. The second-order valence-electron chi connectivity index (χ2n) is 4.68. The first-order valence-electron chi connectivity index (χ1n) is 4.72. The predicted molar refractivity (Wildman–Crippen MR) is 53.6 cm³/mol. The summed E-state index contributed by atoms with van der Waals surface area (Å²) in [5.41, 5.74) is -0.0309. The fourth-order valence-electron chi connectivity index (χ4n) is 0.648. The monoisotopic (exact) mass is 187 g/mol. The molecule has 1 N–H and O–H groups in total. The lowest BCUT2D eigenvalue weighted by Crippen LogP contribution is -2.40. The van der Waals surface area contributed by atoms with Crippen LogP contribution in [-0.4, -0.2) is 24.7 Å². The molecule has 0 aromatic heterocycles. The number of rotatable bonds is 4. The van der Waals surface area contributed by atoms with E-state index in [9.17, 15) is 4.79 Å². The first kappa shape index (κ1) is 12.4. The molecule has 0 aliphatic carbocycles. The van der Waals surface area contributed by atoms with E-state index in [1.54, 1.807) is 0 Å². The highest BCUT2D eigenvalue weighted by molar-refractivity contribution is 5.71. The van der Waals surface area contributed by atoms with Gasteiger partial charge < -0.3 is 10.1 Å². The molecule has 78 valence electrons. The van der Waals surface area contributed by atoms with Crippen molar-refractivity contribution < 1.29 is 9.53 Å². The maximum atomic E-state index is 11.1. The summed E-state index contributed by atoms with van der Waals surface area (Å²) in [4.78, 5) is 11.1. The van der Waals surface area contributed by atoms with E-state index in [4.69, 9.17) is 4.74 Å². The Balaban J connectivity index is 3.53. The summed E-state index contributed by atoms with van der Waals surface area (Å²) in [5, 5.41) is 3.07. The van der Waals surface area contributed by atoms with Gasteiger partial charge in [-0.3, -0.25) is 4.79 Å². The van der Waals surface area contributed by atoms with Crippen molar-refractivity contribution in [1.82, 2.24) is 5.32 Å². The fourth-order valence-corrected chi connectivity index (χ4v) is 0.648. The molecule has 0 aliphatic heterocycles. The Labute approximate surface area is 80.8 Å². The van der Waals surface area contributed by atoms with Gasteiger partial charge in [-0.1, -0.05) is 13.8 Å². The van der Waals surface area contributed by atoms with Crippen LogP contribution in [0.1, 0.15) is 34.6 Å². The number of carbonyl (C=O) groups is 1. The van der Waals surface area contributed by atoms with E-state index in [0.717, 1.165) is 0 Å². The molecule has 0 saturated carbocycles. The van der Waals surface area contributed by atoms with Gasteiger partial charge in [0, 0.05) is 5.54 Å². The van der Waals surface area contributed by atoms with Crippen molar-refractivity contribution in [2.24, 2.45) is 5.92 Å². The van der Waals surface area contributed by atoms with Crippen LogP contribution in [0.4, 0.5) is 0 Å². The topological polar surface area (TPSA) is 38.3 Å². The molecule has 0 atom stereocenters. The number of hydrogen-bond donors (Lipinski definition) is 1. The Morgan fingerprint density at radius 1 is 1.38 bits per heavy atom. The van der Waals surface area contributed by atoms with E-state index < -0.39 is 0 Å². The van der Waals surface area contributed by atoms with Crippen molar-refractivity contribution in [3.05, 3.63) is 0 Å². The molecule has 13 heavy (non-hydrogen) atoms. The summed E-state index contributed by atoms with van der Waals surface area (Å²) in [7, 11) is 0. The normalized spacial score (nSPS) is 11.8. The number of carbonyl (C=O) groups excluding carboxylic acids is 1. The van der Waals surface area contributed by atoms with Gasteiger partial charge in [-0.2, -0.15) is 0 Å². The third-order valence-electron chi connectivity index (χ3n) is 1.34. The van der Waals surface area contributed by atoms with Crippen molar-refractivity contribution in [1.29, 1.82) is 0 Å². The van der Waals surface area contributed by atoms with Gasteiger partial charge in [-0.25, -0.2) is 0 Å². The molecule has 0 bridgehead atoms. The maximum Gasteiger partial charge on any atom is 0.319 e. The second-order valence-corrected chi connectivity index (χ2v) is 4.68. The van der Waals surface area contributed by atoms with Crippen LogP contribution in [0.25, 0.3) is 0 Å². The van der Waals surface area contributed by atoms with Crippen LogP contribution in [0.5, 0.6) is 0 Å². The third kappa shape index (κ3) is 9.34. The minimum absolute atomic E-state index is 0.0309. The summed E-state index contributed by atoms with van der Waals surface area (Å²) in [6.07, 6.45) is 0. The number of hydrogen-bond acceptors (Lipinski definition) is 3. The van der Waals surface area contributed by atoms with E-state index in [0.29, 0.717) is 12.5 Å². The van der Waals surface area contributed by atoms with Gasteiger partial charge in [0.1, 0.15) is 0 Å². The van der Waals surface area contributed by atoms with Crippen molar-refractivity contribution >= 4 is 5.97 Å². The molecule has 0 spiro atoms. The van der Waals surface area contributed by atoms with Gasteiger partial charge in [0.15, 0.2) is 0 Å². The lowest BCUT2D eigenvalue weighted by Gasteiger charge is -2.19. The third-order valence-corrected chi connectivity index (χ3v) is 1.34. The van der Waals surface area contributed by atoms with Gasteiger partial charge in [0.05, 0.1) is 13.2 Å². The van der Waals surface area contributed by atoms with Gasteiger partial charge in [0.25, 0.3) is 0 Å². The Bertz CT molecular complexity index is 159. The molecule has 3 nitrogen and oxygen atoms in total. The summed E-state index contributed by atoms with van der Waals surface area (Å²) in [6.45, 7) is 10.9. The molecule has 0 aliphatic rings. The van der Waals surface area contributed by atoms with Gasteiger partial charge in [-0.05, 0) is 26.7 Å². The molecular formula is C10H21NO2. The maximum absolute atomic E-state index is 11.1. The van der Waals surface area contributed by atoms with Crippen LogP contribution in [0.15, 0.2) is 0 Å². The molecule has 0 rings (SSSR count). The van der Waals surface area contributed by atoms with Gasteiger partial charge in [0.2, 0.25) is 0 Å². The SMILES string of the molecule is CC(C)COC(=O)CNC(C)(C)C. The van der Waals surface area contributed by atoms with Crippen molar-refractivity contribution in [3.63, 3.8) is 0 Å². The van der Waals surface area contributed by atoms with Gasteiger partial charge in [-0.15, -0.1) is 0 Å². The van der Waals surface area contributed by atoms with Crippen molar-refractivity contribution in [3.8, 4) is 0 Å². The molecule has 0 aromatic carbocycles. The second kappa shape index (κ2) is 5.22. The van der Waals surface area contributed by atoms with Crippen LogP contribution >= 0.6 is 0 Å². The molecule has 0 heterocycles. The zero-order valence-corrected chi connectivity index (χ0v) is 9.31. The van der Waals surface area contributed by atoms with Crippen LogP contribution in [0.2, 0.25) is 0 Å². The highest BCUT2D eigenvalue weighted by Gasteiger charge is 2.11. The lowest BCUT2D eigenvalue weighted by molar-refractivity contribution is -0.143. The quantitative estimate of drug-likeness (QED) is 0.679. The molecule has 0 saturated heterocycles. The van der Waals surface area contributed by atoms with Gasteiger partial charge >= 0.3 is 5.97 Å². The van der Waals surface area contributed by atoms with E-state index in [-0.39, 0.29) is 18.1 Å². The zero-order chi connectivity index (χ0) is 10.5. The minimum atomic E-state index is -0.177. The molecule has 3 heteroatoms. The van der Waals surface area contributed by atoms with Crippen LogP contribution in [0.3, 0.4) is 0 Å². The number of esters is 1. The zero-order valence-electron chi connectivity index (χ0n) is 9.31. The summed E-state index contributed by atoms with van der Waals surface area (Å²) in [5.74, 6) is 0.224. The summed E-state index contributed by atoms with van der Waals surface area (Å²) < 4.78 is 5.00. The molecule has 0 aromatic rings. The summed E-state index contributed by atoms with van der Waals surface area (Å²) in [6, 6.07) is 0. The Kier molecular flexibility index (Phi) is 4.99. The summed E-state index contributed by atoms with van der Waals surface area (Å²) >= 11 is 0. The fraction of sp³-hybridized carbons (Fsp3) is 0.900. The largest absolute Gasteiger partial charge is 0.464 e. The van der Waals surface area contributed by atoms with E-state index in [1.165, 1.54) is 0 Å². The Morgan fingerprint density at radius 2 is 1.92 bits per heavy atom. The van der Waals surface area contributed by atoms with E-state index in [1.807, 2.05) is 34.6 Å². The highest BCUT2D eigenvalue weighted by atomic mass is 16.5. The highest BCUT2D eigenvalue weighted by Crippen LogP contribution is 1.98. The van der Waals surface area contributed by atoms with E-state index in [2.05, 4.69) is 5.32 Å². The lowest BCUT2D eigenvalue weighted by atomic mass is 10.1. The number of nitrogens with one attached hydrogen (secondary N) is 1. The molecule has 0 amide bonds. The Hall–Kier alpha value is -0.570. The first-order chi connectivity index (χ1) is 5.81. The van der Waals surface area contributed by atoms with E-state index >= 15 is 0 Å². The van der Waals surface area contributed by atoms with Crippen molar-refractivity contribution in [2.75, 3.05) is 13.2 Å². The van der Waals surface area contributed by atoms with Crippen LogP contribution < -0.4 is 5.32 Å². The molecular weight excluding hydrogens is 166 g/mol. The van der Waals surface area contributed by atoms with Crippen LogP contribution in [-0.2, 0) is 9.53 Å². The average Bonchev–Trinajstić information content (AvgIpc) is 1.95. The smallest absolute Gasteiger partial charge is 0.319 e. The average molecular weight is 187 g/mol. The molecule has 0 unspecified atom stereocenters. The van der Waals surface area contributed by atoms with Crippen LogP contribution in [0, 0.1) is 5.92 Å². The predicted octanol–water partition coefficient (Wildman–Crippen LogP) is 1.57.